The summed E-state index contributed by atoms with van der Waals surface area (Å²) in [5.41, 5.74) is 9.10. The van der Waals surface area contributed by atoms with E-state index in [1.54, 1.807) is 0 Å². The molecule has 2 aromatic rings. The van der Waals surface area contributed by atoms with E-state index in [0.717, 1.165) is 12.8 Å². The van der Waals surface area contributed by atoms with Gasteiger partial charge in [0.05, 0.1) is 0 Å². The van der Waals surface area contributed by atoms with Crippen LogP contribution in [-0.4, -0.2) is 5.91 Å². The van der Waals surface area contributed by atoms with Crippen LogP contribution in [0.2, 0.25) is 0 Å². The zero-order valence-corrected chi connectivity index (χ0v) is 12.8. The third-order valence-corrected chi connectivity index (χ3v) is 3.89. The maximum absolute atomic E-state index is 11.1. The number of rotatable bonds is 6. The smallest absolute Gasteiger partial charge is 0.220 e. The lowest BCUT2D eigenvalue weighted by atomic mass is 9.91. The highest BCUT2D eigenvalue weighted by molar-refractivity contribution is 5.76. The highest BCUT2D eigenvalue weighted by atomic mass is 16.1. The van der Waals surface area contributed by atoms with Crippen LogP contribution in [0.3, 0.4) is 0 Å². The fourth-order valence-electron chi connectivity index (χ4n) is 2.67. The zero-order valence-electron chi connectivity index (χ0n) is 12.8. The van der Waals surface area contributed by atoms with Crippen molar-refractivity contribution >= 4 is 5.91 Å². The lowest BCUT2D eigenvalue weighted by Gasteiger charge is -2.15. The molecule has 0 aliphatic rings. The number of primary amides is 1. The quantitative estimate of drug-likeness (QED) is 0.853. The third-order valence-electron chi connectivity index (χ3n) is 3.89. The van der Waals surface area contributed by atoms with Crippen LogP contribution in [0.1, 0.15) is 25.8 Å². The fourth-order valence-corrected chi connectivity index (χ4v) is 2.67. The van der Waals surface area contributed by atoms with Gasteiger partial charge in [0.1, 0.15) is 0 Å². The van der Waals surface area contributed by atoms with E-state index >= 15 is 0 Å². The molecule has 2 aromatic carbocycles. The molecule has 2 heteroatoms. The molecule has 2 atom stereocenters. The van der Waals surface area contributed by atoms with Crippen molar-refractivity contribution < 1.29 is 4.79 Å². The molecule has 0 aliphatic carbocycles. The van der Waals surface area contributed by atoms with Gasteiger partial charge >= 0.3 is 0 Å². The van der Waals surface area contributed by atoms with Gasteiger partial charge in [0.25, 0.3) is 0 Å². The Morgan fingerprint density at radius 1 is 0.952 bits per heavy atom. The van der Waals surface area contributed by atoms with Gasteiger partial charge in [-0.3, -0.25) is 4.79 Å². The molecule has 0 aliphatic heterocycles. The predicted molar refractivity (Wildman–Crippen MR) is 87.7 cm³/mol. The SMILES string of the molecule is CC(Cc1ccc(-c2ccccc2)cc1)C[C@@H](C)C(N)=O. The van der Waals surface area contributed by atoms with Crippen molar-refractivity contribution in [3.05, 3.63) is 60.2 Å². The largest absolute Gasteiger partial charge is 0.369 e. The van der Waals surface area contributed by atoms with E-state index in [1.807, 2.05) is 13.0 Å². The van der Waals surface area contributed by atoms with Crippen molar-refractivity contribution in [3.63, 3.8) is 0 Å². The average molecular weight is 281 g/mol. The van der Waals surface area contributed by atoms with Crippen LogP contribution >= 0.6 is 0 Å². The molecule has 21 heavy (non-hydrogen) atoms. The first-order valence-electron chi connectivity index (χ1n) is 7.50. The Hall–Kier alpha value is -2.09. The van der Waals surface area contributed by atoms with Gasteiger partial charge in [0, 0.05) is 5.92 Å². The second-order valence-electron chi connectivity index (χ2n) is 5.91. The van der Waals surface area contributed by atoms with Crippen LogP contribution in [0.15, 0.2) is 54.6 Å². The van der Waals surface area contributed by atoms with Crippen LogP contribution in [0.4, 0.5) is 0 Å². The van der Waals surface area contributed by atoms with E-state index < -0.39 is 0 Å². The van der Waals surface area contributed by atoms with Crippen LogP contribution in [-0.2, 0) is 11.2 Å². The first-order valence-corrected chi connectivity index (χ1v) is 7.50. The van der Waals surface area contributed by atoms with Crippen molar-refractivity contribution in [2.24, 2.45) is 17.6 Å². The second-order valence-corrected chi connectivity index (χ2v) is 5.91. The molecule has 110 valence electrons. The Morgan fingerprint density at radius 3 is 2.10 bits per heavy atom. The van der Waals surface area contributed by atoms with Gasteiger partial charge in [0.15, 0.2) is 0 Å². The number of nitrogens with two attached hydrogens (primary N) is 1. The summed E-state index contributed by atoms with van der Waals surface area (Å²) in [6.45, 7) is 4.07. The normalized spacial score (nSPS) is 13.6. The summed E-state index contributed by atoms with van der Waals surface area (Å²) in [6, 6.07) is 19.0. The molecule has 0 saturated heterocycles. The first-order chi connectivity index (χ1) is 10.1. The maximum Gasteiger partial charge on any atom is 0.220 e. The van der Waals surface area contributed by atoms with Gasteiger partial charge in [-0.2, -0.15) is 0 Å². The number of hydrogen-bond acceptors (Lipinski definition) is 1. The van der Waals surface area contributed by atoms with E-state index in [1.165, 1.54) is 16.7 Å². The Kier molecular flexibility index (Phi) is 5.15. The molecule has 0 aromatic heterocycles. The number of amides is 1. The summed E-state index contributed by atoms with van der Waals surface area (Å²) in [5, 5.41) is 0. The number of hydrogen-bond donors (Lipinski definition) is 1. The molecular weight excluding hydrogens is 258 g/mol. The second kappa shape index (κ2) is 7.07. The van der Waals surface area contributed by atoms with E-state index in [0.29, 0.717) is 5.92 Å². The third kappa shape index (κ3) is 4.45. The fraction of sp³-hybridized carbons (Fsp3) is 0.316. The standard InChI is InChI=1S/C19H23NO/c1-14(12-15(2)19(20)21)13-16-8-10-18(11-9-16)17-6-4-3-5-7-17/h3-11,14-15H,12-13H2,1-2H3,(H2,20,21)/t14?,15-/m1/s1. The molecule has 0 spiro atoms. The van der Waals surface area contributed by atoms with E-state index in [-0.39, 0.29) is 11.8 Å². The lowest BCUT2D eigenvalue weighted by molar-refractivity contribution is -0.121. The Balaban J connectivity index is 1.98. The predicted octanol–water partition coefficient (Wildman–Crippen LogP) is 4.04. The van der Waals surface area contributed by atoms with Crippen molar-refractivity contribution in [1.82, 2.24) is 0 Å². The van der Waals surface area contributed by atoms with E-state index in [2.05, 4.69) is 55.5 Å². The van der Waals surface area contributed by atoms with Crippen molar-refractivity contribution in [2.45, 2.75) is 26.7 Å². The summed E-state index contributed by atoms with van der Waals surface area (Å²) in [5.74, 6) is 0.194. The van der Waals surface area contributed by atoms with Crippen LogP contribution in [0.5, 0.6) is 0 Å². The number of carbonyl (C=O) groups is 1. The number of carbonyl (C=O) groups excluding carboxylic acids is 1. The highest BCUT2D eigenvalue weighted by Gasteiger charge is 2.13. The maximum atomic E-state index is 11.1. The van der Waals surface area contributed by atoms with Gasteiger partial charge in [-0.1, -0.05) is 68.4 Å². The Bertz CT molecular complexity index is 574. The average Bonchev–Trinajstić information content (AvgIpc) is 2.48. The van der Waals surface area contributed by atoms with Crippen LogP contribution < -0.4 is 5.73 Å². The Morgan fingerprint density at radius 2 is 1.52 bits per heavy atom. The monoisotopic (exact) mass is 281 g/mol. The topological polar surface area (TPSA) is 43.1 Å². The highest BCUT2D eigenvalue weighted by Crippen LogP contribution is 2.22. The summed E-state index contributed by atoms with van der Waals surface area (Å²) >= 11 is 0. The summed E-state index contributed by atoms with van der Waals surface area (Å²) in [7, 11) is 0. The molecule has 0 fully saturated rings. The van der Waals surface area contributed by atoms with E-state index in [9.17, 15) is 4.79 Å². The molecule has 0 heterocycles. The van der Waals surface area contributed by atoms with Gasteiger partial charge in [0.2, 0.25) is 5.91 Å². The van der Waals surface area contributed by atoms with Crippen molar-refractivity contribution in [1.29, 1.82) is 0 Å². The molecule has 0 saturated carbocycles. The number of benzene rings is 2. The van der Waals surface area contributed by atoms with Crippen LogP contribution in [0, 0.1) is 11.8 Å². The lowest BCUT2D eigenvalue weighted by Crippen LogP contribution is -2.22. The molecule has 0 bridgehead atoms. The minimum Gasteiger partial charge on any atom is -0.369 e. The zero-order chi connectivity index (χ0) is 15.2. The molecule has 1 unspecified atom stereocenters. The minimum absolute atomic E-state index is 0.0522. The van der Waals surface area contributed by atoms with Gasteiger partial charge in [-0.25, -0.2) is 0 Å². The summed E-state index contributed by atoms with van der Waals surface area (Å²) in [4.78, 5) is 11.1. The molecular formula is C19H23NO. The van der Waals surface area contributed by atoms with Crippen molar-refractivity contribution in [2.75, 3.05) is 0 Å². The molecule has 1 amide bonds. The minimum atomic E-state index is -0.207. The molecule has 0 radical (unpaired) electrons. The Labute approximate surface area is 127 Å². The molecule has 2 rings (SSSR count). The molecule has 2 N–H and O–H groups in total. The first kappa shape index (κ1) is 15.3. The van der Waals surface area contributed by atoms with Gasteiger partial charge < -0.3 is 5.73 Å². The van der Waals surface area contributed by atoms with Crippen LogP contribution in [0.25, 0.3) is 11.1 Å². The van der Waals surface area contributed by atoms with Gasteiger partial charge in [-0.05, 0) is 35.4 Å². The molecule has 2 nitrogen and oxygen atoms in total. The summed E-state index contributed by atoms with van der Waals surface area (Å²) in [6.07, 6.45) is 1.82. The van der Waals surface area contributed by atoms with Crippen molar-refractivity contribution in [3.8, 4) is 11.1 Å². The van der Waals surface area contributed by atoms with E-state index in [4.69, 9.17) is 5.73 Å². The summed E-state index contributed by atoms with van der Waals surface area (Å²) < 4.78 is 0. The van der Waals surface area contributed by atoms with Gasteiger partial charge in [-0.15, -0.1) is 0 Å².